The molecule has 0 amide bonds. The van der Waals surface area contributed by atoms with Crippen molar-refractivity contribution in [2.75, 3.05) is 0 Å². The van der Waals surface area contributed by atoms with E-state index in [4.69, 9.17) is 16.4 Å². The van der Waals surface area contributed by atoms with Gasteiger partial charge >= 0.3 is 0 Å². The summed E-state index contributed by atoms with van der Waals surface area (Å²) in [6, 6.07) is 54.6. The standard InChI is InChI=1S/C60H40N6/c1-35-21-25-53-43(29-35)39-13-5-9-17-49(39)63(53)57-47(33-61)48(34-62)58(64-50-18-10-6-14-40(50)44-30-36(2)22-26-54(44)64)60(66-52-20-12-8-16-42(52)46-32-38(4)24-28-56(46)66)59(57)65-51-19-11-7-15-41(51)45-31-37(3)23-27-55(45)65/h5-32H,1-4H3/i1D3,2D3,3D3,4D3. The fraction of sp³-hybridized carbons (Fsp3) is 0.0667. The summed E-state index contributed by atoms with van der Waals surface area (Å²) < 4.78 is 110. The maximum Gasteiger partial charge on any atom is 0.103 e. The number of aryl methyl sites for hydroxylation is 4. The molecule has 0 spiro atoms. The molecule has 0 radical (unpaired) electrons. The van der Waals surface area contributed by atoms with E-state index in [2.05, 4.69) is 12.1 Å². The Kier molecular flexibility index (Phi) is 5.73. The molecule has 9 aromatic carbocycles. The number of fused-ring (bicyclic) bond motifs is 12. The molecule has 66 heavy (non-hydrogen) atoms. The van der Waals surface area contributed by atoms with Gasteiger partial charge in [0.15, 0.2) is 0 Å². The van der Waals surface area contributed by atoms with Crippen LogP contribution < -0.4 is 0 Å². The maximum absolute atomic E-state index is 12.2. The topological polar surface area (TPSA) is 67.3 Å². The zero-order valence-electron chi connectivity index (χ0n) is 46.8. The summed E-state index contributed by atoms with van der Waals surface area (Å²) in [5.41, 5.74) is 5.75. The molecule has 0 aliphatic carbocycles. The Morgan fingerprint density at radius 1 is 0.303 bits per heavy atom. The first-order valence-corrected chi connectivity index (χ1v) is 21.4. The number of hydrogen-bond acceptors (Lipinski definition) is 2. The van der Waals surface area contributed by atoms with Crippen molar-refractivity contribution in [3.8, 4) is 34.9 Å². The summed E-state index contributed by atoms with van der Waals surface area (Å²) in [5.74, 6) is 0. The minimum absolute atomic E-state index is 0.0747. The van der Waals surface area contributed by atoms with Gasteiger partial charge in [0.1, 0.15) is 12.1 Å². The number of hydrogen-bond donors (Lipinski definition) is 0. The second-order valence-corrected chi connectivity index (χ2v) is 16.7. The average molecular weight is 857 g/mol. The first kappa shape index (κ1) is 27.4. The van der Waals surface area contributed by atoms with Crippen molar-refractivity contribution in [2.24, 2.45) is 0 Å². The molecule has 4 aromatic heterocycles. The normalized spacial score (nSPS) is 15.4. The van der Waals surface area contributed by atoms with Crippen LogP contribution in [0.25, 0.3) is 110 Å². The van der Waals surface area contributed by atoms with E-state index in [0.29, 0.717) is 98.6 Å². The molecule has 0 saturated carbocycles. The van der Waals surface area contributed by atoms with E-state index in [1.807, 2.05) is 115 Å². The maximum atomic E-state index is 12.2. The van der Waals surface area contributed by atoms with Gasteiger partial charge in [0, 0.05) is 59.5 Å². The molecule has 0 N–H and O–H groups in total. The third-order valence-electron chi connectivity index (χ3n) is 13.2. The zero-order chi connectivity index (χ0) is 54.5. The predicted molar refractivity (Wildman–Crippen MR) is 272 cm³/mol. The van der Waals surface area contributed by atoms with Crippen molar-refractivity contribution < 1.29 is 16.4 Å². The number of rotatable bonds is 4. The van der Waals surface area contributed by atoms with Crippen molar-refractivity contribution in [3.63, 3.8) is 0 Å². The minimum Gasteiger partial charge on any atom is -0.306 e. The zero-order valence-corrected chi connectivity index (χ0v) is 34.8. The smallest absolute Gasteiger partial charge is 0.103 e. The van der Waals surface area contributed by atoms with Gasteiger partial charge in [-0.25, -0.2) is 0 Å². The minimum atomic E-state index is -2.49. The number of aromatic nitrogens is 4. The molecule has 0 saturated heterocycles. The Hall–Kier alpha value is -8.84. The van der Waals surface area contributed by atoms with E-state index in [-0.39, 0.29) is 44.8 Å². The first-order chi connectivity index (χ1) is 37.2. The van der Waals surface area contributed by atoms with Crippen LogP contribution in [0.15, 0.2) is 170 Å². The Morgan fingerprint density at radius 2 is 0.545 bits per heavy atom. The van der Waals surface area contributed by atoms with Gasteiger partial charge in [0.05, 0.1) is 78.0 Å². The predicted octanol–water partition coefficient (Wildman–Crippen LogP) is 15.1. The van der Waals surface area contributed by atoms with Gasteiger partial charge in [-0.05, 0) is 100 Å². The fourth-order valence-electron chi connectivity index (χ4n) is 10.6. The number of nitrogens with zero attached hydrogens (tertiary/aromatic N) is 6. The van der Waals surface area contributed by atoms with E-state index in [1.165, 1.54) is 12.1 Å². The van der Waals surface area contributed by atoms with Gasteiger partial charge in [0.25, 0.3) is 0 Å². The van der Waals surface area contributed by atoms with E-state index in [0.717, 1.165) is 0 Å². The third kappa shape index (κ3) is 5.04. The molecule has 6 heteroatoms. The number of nitriles is 2. The second kappa shape index (κ2) is 13.8. The highest BCUT2D eigenvalue weighted by atomic mass is 15.1. The Balaban J connectivity index is 1.38. The number of benzene rings is 9. The summed E-state index contributed by atoms with van der Waals surface area (Å²) >= 11 is 0. The first-order valence-electron chi connectivity index (χ1n) is 27.4. The van der Waals surface area contributed by atoms with Crippen LogP contribution in [0, 0.1) is 50.1 Å². The summed E-state index contributed by atoms with van der Waals surface area (Å²) in [4.78, 5) is 0. The van der Waals surface area contributed by atoms with Crippen LogP contribution in [0.4, 0.5) is 0 Å². The molecule has 0 bridgehead atoms. The average Bonchev–Trinajstić information content (AvgIpc) is 3.60. The summed E-state index contributed by atoms with van der Waals surface area (Å²) in [6.45, 7) is -9.96. The van der Waals surface area contributed by atoms with Crippen molar-refractivity contribution in [1.29, 1.82) is 10.5 Å². The second-order valence-electron chi connectivity index (χ2n) is 16.7. The highest BCUT2D eigenvalue weighted by molar-refractivity contribution is 6.16. The van der Waals surface area contributed by atoms with E-state index in [9.17, 15) is 10.5 Å². The molecule has 6 nitrogen and oxygen atoms in total. The largest absolute Gasteiger partial charge is 0.306 e. The lowest BCUT2D eigenvalue weighted by Crippen LogP contribution is -2.17. The molecule has 4 heterocycles. The van der Waals surface area contributed by atoms with Crippen LogP contribution in [-0.2, 0) is 0 Å². The van der Waals surface area contributed by atoms with Crippen LogP contribution in [0.1, 0.15) is 49.8 Å². The highest BCUT2D eigenvalue weighted by Crippen LogP contribution is 2.49. The van der Waals surface area contributed by atoms with Crippen molar-refractivity contribution >= 4 is 87.2 Å². The van der Waals surface area contributed by atoms with Crippen LogP contribution in [-0.4, -0.2) is 18.3 Å². The van der Waals surface area contributed by atoms with Crippen molar-refractivity contribution in [2.45, 2.75) is 27.4 Å². The Morgan fingerprint density at radius 3 is 0.803 bits per heavy atom. The molecular formula is C60H40N6. The van der Waals surface area contributed by atoms with Gasteiger partial charge < -0.3 is 18.3 Å². The number of para-hydroxylation sites is 4. The van der Waals surface area contributed by atoms with Gasteiger partial charge in [-0.15, -0.1) is 0 Å². The van der Waals surface area contributed by atoms with Gasteiger partial charge in [0.2, 0.25) is 0 Å². The fourth-order valence-corrected chi connectivity index (χ4v) is 10.6. The third-order valence-corrected chi connectivity index (χ3v) is 13.2. The van der Waals surface area contributed by atoms with Crippen LogP contribution in [0.5, 0.6) is 0 Å². The molecule has 0 unspecified atom stereocenters. The Labute approximate surface area is 397 Å². The lowest BCUT2D eigenvalue weighted by Gasteiger charge is -2.27. The molecular weight excluding hydrogens is 805 g/mol. The van der Waals surface area contributed by atoms with E-state index < -0.39 is 27.4 Å². The quantitative estimate of drug-likeness (QED) is 0.177. The SMILES string of the molecule is [2H]C([2H])([2H])c1ccc2c(c1)c1ccccc1n2-c1c(C#N)c(C#N)c(-n2c3ccccc3c3cc(C([2H])([2H])[2H])ccc32)c(-n2c3ccccc3c3cc(C([2H])([2H])[2H])ccc32)c1-n1c2ccccc2c2cc(C([2H])([2H])[2H])ccc21. The van der Waals surface area contributed by atoms with E-state index in [1.54, 1.807) is 60.7 Å². The molecule has 0 aliphatic rings. The summed E-state index contributed by atoms with van der Waals surface area (Å²) in [7, 11) is 0. The molecule has 310 valence electrons. The van der Waals surface area contributed by atoms with Crippen LogP contribution >= 0.6 is 0 Å². The van der Waals surface area contributed by atoms with Crippen LogP contribution in [0.3, 0.4) is 0 Å². The molecule has 0 atom stereocenters. The lowest BCUT2D eigenvalue weighted by atomic mass is 9.98. The van der Waals surface area contributed by atoms with Crippen LogP contribution in [0.2, 0.25) is 0 Å². The Bertz CT molecular complexity index is 4530. The van der Waals surface area contributed by atoms with Gasteiger partial charge in [-0.2, -0.15) is 10.5 Å². The highest BCUT2D eigenvalue weighted by Gasteiger charge is 2.34. The molecule has 13 rings (SSSR count). The summed E-state index contributed by atoms with van der Waals surface area (Å²) in [6.07, 6.45) is 0. The van der Waals surface area contributed by atoms with Gasteiger partial charge in [-0.1, -0.05) is 119 Å². The molecule has 13 aromatic rings. The lowest BCUT2D eigenvalue weighted by molar-refractivity contribution is 1.01. The molecule has 0 fully saturated rings. The monoisotopic (exact) mass is 856 g/mol. The van der Waals surface area contributed by atoms with Crippen molar-refractivity contribution in [1.82, 2.24) is 18.3 Å². The van der Waals surface area contributed by atoms with Gasteiger partial charge in [-0.3, -0.25) is 0 Å². The molecule has 0 aliphatic heterocycles. The van der Waals surface area contributed by atoms with Crippen molar-refractivity contribution in [3.05, 3.63) is 203 Å². The van der Waals surface area contributed by atoms with E-state index >= 15 is 0 Å². The summed E-state index contributed by atoms with van der Waals surface area (Å²) in [5, 5.41) is 29.2.